The highest BCUT2D eigenvalue weighted by Gasteiger charge is 2.16. The third kappa shape index (κ3) is 6.22. The van der Waals surface area contributed by atoms with Gasteiger partial charge in [-0.25, -0.2) is 8.42 Å². The van der Waals surface area contributed by atoms with Crippen molar-refractivity contribution in [1.29, 1.82) is 0 Å². The van der Waals surface area contributed by atoms with E-state index >= 15 is 0 Å². The van der Waals surface area contributed by atoms with Crippen LogP contribution in [0.5, 0.6) is 5.75 Å². The molecule has 1 unspecified atom stereocenters. The van der Waals surface area contributed by atoms with E-state index in [0.29, 0.717) is 12.3 Å². The zero-order valence-corrected chi connectivity index (χ0v) is 17.7. The average Bonchev–Trinajstić information content (AvgIpc) is 2.77. The number of hydrogen-bond donors (Lipinski definition) is 1. The summed E-state index contributed by atoms with van der Waals surface area (Å²) >= 11 is 0. The van der Waals surface area contributed by atoms with Gasteiger partial charge in [0.05, 0.1) is 11.5 Å². The number of ether oxygens (including phenoxy) is 1. The van der Waals surface area contributed by atoms with Gasteiger partial charge in [-0.1, -0.05) is 54.6 Å². The summed E-state index contributed by atoms with van der Waals surface area (Å²) in [5.74, 6) is 0.971. The number of anilines is 1. The number of unbranched alkanes of at least 4 members (excludes halogenated alkanes) is 1. The first-order valence-electron chi connectivity index (χ1n) is 10.0. The van der Waals surface area contributed by atoms with Crippen LogP contribution in [-0.2, 0) is 10.0 Å². The van der Waals surface area contributed by atoms with E-state index in [1.165, 1.54) is 0 Å². The Morgan fingerprint density at radius 2 is 1.63 bits per heavy atom. The second-order valence-corrected chi connectivity index (χ2v) is 8.77. The predicted octanol–water partition coefficient (Wildman–Crippen LogP) is 6.01. The van der Waals surface area contributed by atoms with Gasteiger partial charge >= 0.3 is 0 Å². The SMILES string of the molecule is C=CCCCC(COc1ccccc1)c1cccc(NS(=O)(=O)c2ccccc2)c1. The molecule has 0 saturated carbocycles. The number of rotatable bonds is 11. The smallest absolute Gasteiger partial charge is 0.261 e. The first-order valence-corrected chi connectivity index (χ1v) is 11.5. The number of para-hydroxylation sites is 1. The van der Waals surface area contributed by atoms with E-state index < -0.39 is 10.0 Å². The van der Waals surface area contributed by atoms with E-state index in [1.807, 2.05) is 54.6 Å². The second-order valence-electron chi connectivity index (χ2n) is 7.08. The minimum Gasteiger partial charge on any atom is -0.493 e. The molecule has 4 nitrogen and oxygen atoms in total. The van der Waals surface area contributed by atoms with Crippen molar-refractivity contribution in [3.8, 4) is 5.75 Å². The minimum atomic E-state index is -3.63. The first kappa shape index (κ1) is 21.7. The van der Waals surface area contributed by atoms with Gasteiger partial charge in [0.15, 0.2) is 0 Å². The highest BCUT2D eigenvalue weighted by Crippen LogP contribution is 2.27. The molecule has 0 fully saturated rings. The van der Waals surface area contributed by atoms with E-state index in [4.69, 9.17) is 4.74 Å². The molecule has 0 bridgehead atoms. The molecule has 3 aromatic rings. The molecule has 0 amide bonds. The van der Waals surface area contributed by atoms with E-state index in [9.17, 15) is 8.42 Å². The van der Waals surface area contributed by atoms with Crippen LogP contribution in [0.1, 0.15) is 30.7 Å². The summed E-state index contributed by atoms with van der Waals surface area (Å²) in [5, 5.41) is 0. The van der Waals surface area contributed by atoms with Crippen molar-refractivity contribution in [2.75, 3.05) is 11.3 Å². The summed E-state index contributed by atoms with van der Waals surface area (Å²) < 4.78 is 34.0. The monoisotopic (exact) mass is 421 g/mol. The second kappa shape index (κ2) is 10.6. The van der Waals surface area contributed by atoms with Gasteiger partial charge in [0, 0.05) is 11.6 Å². The van der Waals surface area contributed by atoms with Crippen molar-refractivity contribution in [3.05, 3.63) is 103 Å². The number of nitrogens with one attached hydrogen (secondary N) is 1. The fourth-order valence-electron chi connectivity index (χ4n) is 3.24. The Bertz CT molecular complexity index is 1030. The fraction of sp³-hybridized carbons (Fsp3) is 0.200. The Labute approximate surface area is 179 Å². The lowest BCUT2D eigenvalue weighted by Crippen LogP contribution is -2.14. The largest absolute Gasteiger partial charge is 0.493 e. The van der Waals surface area contributed by atoms with Gasteiger partial charge in [-0.3, -0.25) is 4.72 Å². The first-order chi connectivity index (χ1) is 14.6. The maximum atomic E-state index is 12.7. The third-order valence-corrected chi connectivity index (χ3v) is 6.22. The lowest BCUT2D eigenvalue weighted by atomic mass is 9.94. The van der Waals surface area contributed by atoms with Gasteiger partial charge in [-0.15, -0.1) is 6.58 Å². The molecule has 30 heavy (non-hydrogen) atoms. The molecule has 5 heteroatoms. The molecule has 0 aliphatic heterocycles. The molecule has 0 saturated heterocycles. The van der Waals surface area contributed by atoms with Crippen LogP contribution in [0.15, 0.2) is 102 Å². The van der Waals surface area contributed by atoms with Gasteiger partial charge in [0.2, 0.25) is 0 Å². The fourth-order valence-corrected chi connectivity index (χ4v) is 4.31. The van der Waals surface area contributed by atoms with Crippen molar-refractivity contribution in [2.24, 2.45) is 0 Å². The lowest BCUT2D eigenvalue weighted by molar-refractivity contribution is 0.280. The molecular weight excluding hydrogens is 394 g/mol. The van der Waals surface area contributed by atoms with Crippen molar-refractivity contribution >= 4 is 15.7 Å². The summed E-state index contributed by atoms with van der Waals surface area (Å²) in [7, 11) is -3.63. The van der Waals surface area contributed by atoms with Crippen LogP contribution in [0, 0.1) is 0 Å². The zero-order valence-electron chi connectivity index (χ0n) is 16.9. The van der Waals surface area contributed by atoms with Crippen molar-refractivity contribution in [1.82, 2.24) is 0 Å². The van der Waals surface area contributed by atoms with Crippen LogP contribution in [0.4, 0.5) is 5.69 Å². The molecular formula is C25H27NO3S. The van der Waals surface area contributed by atoms with Crippen molar-refractivity contribution in [3.63, 3.8) is 0 Å². The van der Waals surface area contributed by atoms with Crippen LogP contribution < -0.4 is 9.46 Å². The van der Waals surface area contributed by atoms with Crippen molar-refractivity contribution in [2.45, 2.75) is 30.1 Å². The molecule has 3 rings (SSSR count). The highest BCUT2D eigenvalue weighted by atomic mass is 32.2. The normalized spacial score (nSPS) is 12.1. The lowest BCUT2D eigenvalue weighted by Gasteiger charge is -2.19. The zero-order chi connectivity index (χ0) is 21.2. The Kier molecular flexibility index (Phi) is 7.69. The standard InChI is InChI=1S/C25H27NO3S/c1-2-3-6-12-22(20-29-24-15-7-4-8-16-24)21-13-11-14-23(19-21)26-30(27,28)25-17-9-5-10-18-25/h2,4-5,7-11,13-19,22,26H,1,3,6,12,20H2. The van der Waals surface area contributed by atoms with Crippen molar-refractivity contribution < 1.29 is 13.2 Å². The van der Waals surface area contributed by atoms with E-state index in [-0.39, 0.29) is 10.8 Å². The van der Waals surface area contributed by atoms with Crippen LogP contribution in [-0.4, -0.2) is 15.0 Å². The van der Waals surface area contributed by atoms with Gasteiger partial charge in [-0.05, 0) is 61.2 Å². The summed E-state index contributed by atoms with van der Waals surface area (Å²) in [6, 6.07) is 25.7. The third-order valence-electron chi connectivity index (χ3n) is 4.82. The topological polar surface area (TPSA) is 55.4 Å². The minimum absolute atomic E-state index is 0.145. The summed E-state index contributed by atoms with van der Waals surface area (Å²) in [5.41, 5.74) is 1.59. The number of hydrogen-bond acceptors (Lipinski definition) is 3. The van der Waals surface area contributed by atoms with Gasteiger partial charge in [0.25, 0.3) is 10.0 Å². The van der Waals surface area contributed by atoms with Crippen LogP contribution in [0.3, 0.4) is 0 Å². The molecule has 0 radical (unpaired) electrons. The molecule has 1 N–H and O–H groups in total. The van der Waals surface area contributed by atoms with E-state index in [1.54, 1.807) is 36.4 Å². The number of benzene rings is 3. The van der Waals surface area contributed by atoms with E-state index in [2.05, 4.69) is 11.3 Å². The molecule has 0 spiro atoms. The number of sulfonamides is 1. The summed E-state index contributed by atoms with van der Waals surface area (Å²) in [6.45, 7) is 4.32. The molecule has 3 aromatic carbocycles. The van der Waals surface area contributed by atoms with Gasteiger partial charge < -0.3 is 4.74 Å². The molecule has 0 heterocycles. The quantitative estimate of drug-likeness (QED) is 0.305. The summed E-state index contributed by atoms with van der Waals surface area (Å²) in [6.07, 6.45) is 4.77. The maximum Gasteiger partial charge on any atom is 0.261 e. The average molecular weight is 422 g/mol. The molecule has 1 atom stereocenters. The maximum absolute atomic E-state index is 12.7. The molecule has 0 aliphatic carbocycles. The molecule has 0 aliphatic rings. The molecule has 156 valence electrons. The Balaban J connectivity index is 1.77. The van der Waals surface area contributed by atoms with Gasteiger partial charge in [-0.2, -0.15) is 0 Å². The van der Waals surface area contributed by atoms with Crippen LogP contribution in [0.2, 0.25) is 0 Å². The Morgan fingerprint density at radius 1 is 0.933 bits per heavy atom. The summed E-state index contributed by atoms with van der Waals surface area (Å²) in [4.78, 5) is 0.241. The molecule has 0 aromatic heterocycles. The predicted molar refractivity (Wildman–Crippen MR) is 122 cm³/mol. The highest BCUT2D eigenvalue weighted by molar-refractivity contribution is 7.92. The van der Waals surface area contributed by atoms with Crippen LogP contribution in [0.25, 0.3) is 0 Å². The number of allylic oxidation sites excluding steroid dienone is 1. The van der Waals surface area contributed by atoms with Gasteiger partial charge in [0.1, 0.15) is 5.75 Å². The van der Waals surface area contributed by atoms with E-state index in [0.717, 1.165) is 30.6 Å². The Morgan fingerprint density at radius 3 is 2.33 bits per heavy atom. The van der Waals surface area contributed by atoms with Crippen LogP contribution >= 0.6 is 0 Å². The Hall–Kier alpha value is -3.05.